The molecule has 0 atom stereocenters. The summed E-state index contributed by atoms with van der Waals surface area (Å²) < 4.78 is 21.4. The SMILES string of the molecule is O=C(O)C1CN(Cc2cccc(-c3ccc(OC4CCC5(CCCC5)CC4)cc3)c2F)C1. The van der Waals surface area contributed by atoms with Gasteiger partial charge in [0, 0.05) is 30.8 Å². The fourth-order valence-corrected chi connectivity index (χ4v) is 5.87. The number of aliphatic carboxylic acids is 1. The molecule has 2 aromatic carbocycles. The zero-order chi connectivity index (χ0) is 22.1. The number of carboxylic acids is 1. The van der Waals surface area contributed by atoms with Crippen molar-refractivity contribution in [2.24, 2.45) is 11.3 Å². The molecule has 170 valence electrons. The molecule has 0 bridgehead atoms. The average molecular weight is 438 g/mol. The first kappa shape index (κ1) is 21.4. The summed E-state index contributed by atoms with van der Waals surface area (Å²) in [7, 11) is 0. The number of hydrogen-bond acceptors (Lipinski definition) is 3. The van der Waals surface area contributed by atoms with Gasteiger partial charge in [-0.05, 0) is 61.6 Å². The standard InChI is InChI=1S/C27H32FNO3/c28-25-20(16-29-17-21(18-29)26(30)31)4-3-5-24(25)19-6-8-22(9-7-19)32-23-10-14-27(15-11-23)12-1-2-13-27/h3-9,21,23H,1-2,10-18H2,(H,30,31). The van der Waals surface area contributed by atoms with Gasteiger partial charge in [0.15, 0.2) is 0 Å². The Kier molecular flexibility index (Phi) is 5.93. The minimum Gasteiger partial charge on any atom is -0.490 e. The summed E-state index contributed by atoms with van der Waals surface area (Å²) in [4.78, 5) is 13.0. The van der Waals surface area contributed by atoms with E-state index in [-0.39, 0.29) is 11.7 Å². The summed E-state index contributed by atoms with van der Waals surface area (Å²) in [5.41, 5.74) is 2.62. The van der Waals surface area contributed by atoms with Gasteiger partial charge in [0.25, 0.3) is 0 Å². The predicted molar refractivity (Wildman–Crippen MR) is 122 cm³/mol. The van der Waals surface area contributed by atoms with Crippen molar-refractivity contribution in [3.8, 4) is 16.9 Å². The van der Waals surface area contributed by atoms with E-state index in [9.17, 15) is 4.79 Å². The fourth-order valence-electron chi connectivity index (χ4n) is 5.87. The van der Waals surface area contributed by atoms with Gasteiger partial charge in [0.1, 0.15) is 11.6 Å². The summed E-state index contributed by atoms with van der Waals surface area (Å²) >= 11 is 0. The molecule has 2 saturated carbocycles. The molecule has 2 aromatic rings. The normalized spacial score (nSPS) is 21.5. The number of nitrogens with zero attached hydrogens (tertiary/aromatic N) is 1. The predicted octanol–water partition coefficient (Wildman–Crippen LogP) is 5.89. The van der Waals surface area contributed by atoms with E-state index < -0.39 is 5.97 Å². The Morgan fingerprint density at radius 2 is 1.72 bits per heavy atom. The van der Waals surface area contributed by atoms with Crippen LogP contribution in [0.4, 0.5) is 4.39 Å². The number of rotatable bonds is 6. The van der Waals surface area contributed by atoms with Crippen LogP contribution in [0.2, 0.25) is 0 Å². The van der Waals surface area contributed by atoms with E-state index in [0.29, 0.717) is 42.3 Å². The van der Waals surface area contributed by atoms with Gasteiger partial charge in [-0.1, -0.05) is 43.2 Å². The molecule has 1 heterocycles. The first-order valence-electron chi connectivity index (χ1n) is 12.0. The van der Waals surface area contributed by atoms with Gasteiger partial charge >= 0.3 is 5.97 Å². The summed E-state index contributed by atoms with van der Waals surface area (Å²) in [6, 6.07) is 13.2. The molecule has 0 amide bonds. The van der Waals surface area contributed by atoms with E-state index >= 15 is 4.39 Å². The van der Waals surface area contributed by atoms with Crippen molar-refractivity contribution in [3.05, 3.63) is 53.8 Å². The topological polar surface area (TPSA) is 49.8 Å². The molecule has 3 fully saturated rings. The lowest BCUT2D eigenvalue weighted by molar-refractivity contribution is -0.147. The Hall–Kier alpha value is -2.40. The van der Waals surface area contributed by atoms with Crippen molar-refractivity contribution >= 4 is 5.97 Å². The Morgan fingerprint density at radius 3 is 2.38 bits per heavy atom. The van der Waals surface area contributed by atoms with E-state index in [1.54, 1.807) is 12.1 Å². The van der Waals surface area contributed by atoms with Crippen molar-refractivity contribution in [2.45, 2.75) is 64.0 Å². The Balaban J connectivity index is 1.20. The number of likely N-dealkylation sites (tertiary alicyclic amines) is 1. The molecule has 5 rings (SSSR count). The molecule has 0 aromatic heterocycles. The lowest BCUT2D eigenvalue weighted by Gasteiger charge is -2.37. The molecule has 4 nitrogen and oxygen atoms in total. The number of carbonyl (C=O) groups is 1. The third-order valence-corrected chi connectivity index (χ3v) is 7.90. The van der Waals surface area contributed by atoms with Gasteiger partial charge in [-0.25, -0.2) is 4.39 Å². The van der Waals surface area contributed by atoms with Gasteiger partial charge in [-0.3, -0.25) is 9.69 Å². The largest absolute Gasteiger partial charge is 0.490 e. The van der Waals surface area contributed by atoms with Crippen LogP contribution in [0, 0.1) is 17.2 Å². The Morgan fingerprint density at radius 1 is 1.03 bits per heavy atom. The van der Waals surface area contributed by atoms with Crippen LogP contribution in [0.5, 0.6) is 5.75 Å². The van der Waals surface area contributed by atoms with Gasteiger partial charge in [0.2, 0.25) is 0 Å². The molecule has 5 heteroatoms. The molecule has 1 aliphatic heterocycles. The summed E-state index contributed by atoms with van der Waals surface area (Å²) in [6.45, 7) is 1.40. The van der Waals surface area contributed by atoms with Crippen molar-refractivity contribution in [1.82, 2.24) is 4.90 Å². The minimum atomic E-state index is -0.774. The maximum Gasteiger partial charge on any atom is 0.309 e. The van der Waals surface area contributed by atoms with Gasteiger partial charge in [0.05, 0.1) is 12.0 Å². The highest BCUT2D eigenvalue weighted by atomic mass is 19.1. The minimum absolute atomic E-state index is 0.228. The van der Waals surface area contributed by atoms with Gasteiger partial charge in [-0.2, -0.15) is 0 Å². The average Bonchev–Trinajstić information content (AvgIpc) is 3.22. The van der Waals surface area contributed by atoms with Crippen LogP contribution in [0.3, 0.4) is 0 Å². The van der Waals surface area contributed by atoms with E-state index in [0.717, 1.165) is 24.2 Å². The van der Waals surface area contributed by atoms with Crippen LogP contribution in [0.1, 0.15) is 56.9 Å². The van der Waals surface area contributed by atoms with E-state index in [1.807, 2.05) is 35.2 Å². The van der Waals surface area contributed by atoms with Crippen LogP contribution in [0.25, 0.3) is 11.1 Å². The van der Waals surface area contributed by atoms with Crippen LogP contribution in [0.15, 0.2) is 42.5 Å². The second-order valence-electron chi connectivity index (χ2n) is 10.1. The fraction of sp³-hybridized carbons (Fsp3) is 0.519. The van der Waals surface area contributed by atoms with E-state index in [1.165, 1.54) is 38.5 Å². The smallest absolute Gasteiger partial charge is 0.309 e. The highest BCUT2D eigenvalue weighted by molar-refractivity contribution is 5.71. The van der Waals surface area contributed by atoms with Crippen LogP contribution >= 0.6 is 0 Å². The lowest BCUT2D eigenvalue weighted by atomic mass is 9.72. The molecule has 1 N–H and O–H groups in total. The number of halogens is 1. The Bertz CT molecular complexity index is 951. The van der Waals surface area contributed by atoms with Crippen LogP contribution in [-0.4, -0.2) is 35.2 Å². The highest BCUT2D eigenvalue weighted by Gasteiger charge is 2.38. The molecule has 0 radical (unpaired) electrons. The number of carboxylic acid groups (broad SMARTS) is 1. The second-order valence-corrected chi connectivity index (χ2v) is 10.1. The maximum absolute atomic E-state index is 15.2. The van der Waals surface area contributed by atoms with Crippen LogP contribution in [-0.2, 0) is 11.3 Å². The van der Waals surface area contributed by atoms with Gasteiger partial charge in [-0.15, -0.1) is 0 Å². The number of benzene rings is 2. The monoisotopic (exact) mass is 437 g/mol. The molecule has 0 unspecified atom stereocenters. The molecule has 2 aliphatic carbocycles. The first-order chi connectivity index (χ1) is 15.5. The third-order valence-electron chi connectivity index (χ3n) is 7.90. The van der Waals surface area contributed by atoms with Crippen molar-refractivity contribution in [1.29, 1.82) is 0 Å². The Labute approximate surface area is 189 Å². The molecule has 32 heavy (non-hydrogen) atoms. The zero-order valence-corrected chi connectivity index (χ0v) is 18.6. The van der Waals surface area contributed by atoms with E-state index in [4.69, 9.17) is 9.84 Å². The van der Waals surface area contributed by atoms with E-state index in [2.05, 4.69) is 0 Å². The lowest BCUT2D eigenvalue weighted by Crippen LogP contribution is -2.49. The molecule has 1 saturated heterocycles. The summed E-state index contributed by atoms with van der Waals surface area (Å²) in [5.74, 6) is -0.474. The molecular formula is C27H32FNO3. The van der Waals surface area contributed by atoms with Crippen molar-refractivity contribution in [2.75, 3.05) is 13.1 Å². The molecule has 1 spiro atoms. The van der Waals surface area contributed by atoms with Gasteiger partial charge < -0.3 is 9.84 Å². The quantitative estimate of drug-likeness (QED) is 0.612. The van der Waals surface area contributed by atoms with Crippen LogP contribution < -0.4 is 4.74 Å². The first-order valence-corrected chi connectivity index (χ1v) is 12.0. The number of ether oxygens (including phenoxy) is 1. The zero-order valence-electron chi connectivity index (χ0n) is 18.6. The van der Waals surface area contributed by atoms with Crippen molar-refractivity contribution in [3.63, 3.8) is 0 Å². The molecule has 3 aliphatic rings. The maximum atomic E-state index is 15.2. The second kappa shape index (κ2) is 8.86. The number of hydrogen-bond donors (Lipinski definition) is 1. The third kappa shape index (κ3) is 4.40. The highest BCUT2D eigenvalue weighted by Crippen LogP contribution is 2.49. The summed E-state index contributed by atoms with van der Waals surface area (Å²) in [5, 5.41) is 9.03. The summed E-state index contributed by atoms with van der Waals surface area (Å²) in [6.07, 6.45) is 10.7. The molecular weight excluding hydrogens is 405 g/mol. The van der Waals surface area contributed by atoms with Crippen molar-refractivity contribution < 1.29 is 19.0 Å².